The van der Waals surface area contributed by atoms with Crippen molar-refractivity contribution in [2.24, 2.45) is 0 Å². The highest BCUT2D eigenvalue weighted by Gasteiger charge is 2.22. The Labute approximate surface area is 139 Å². The highest BCUT2D eigenvalue weighted by Crippen LogP contribution is 2.40. The van der Waals surface area contributed by atoms with Gasteiger partial charge in [-0.3, -0.25) is 9.78 Å². The maximum Gasteiger partial charge on any atom is 0.308 e. The molecule has 0 bridgehead atoms. The van der Waals surface area contributed by atoms with Gasteiger partial charge in [-0.2, -0.15) is 0 Å². The van der Waals surface area contributed by atoms with Crippen molar-refractivity contribution in [1.29, 1.82) is 0 Å². The predicted octanol–water partition coefficient (Wildman–Crippen LogP) is 3.65. The lowest BCUT2D eigenvalue weighted by molar-refractivity contribution is -0.131. The minimum absolute atomic E-state index is 0.343. The Balaban J connectivity index is 2.18. The molecule has 0 aliphatic heterocycles. The van der Waals surface area contributed by atoms with E-state index in [-0.39, 0.29) is 0 Å². The number of ether oxygens (including phenoxy) is 2. The minimum atomic E-state index is -0.430. The molecule has 0 saturated heterocycles. The quantitative estimate of drug-likeness (QED) is 0.539. The molecule has 0 N–H and O–H groups in total. The molecule has 2 aromatic heterocycles. The normalized spacial score (nSPS) is 10.5. The van der Waals surface area contributed by atoms with E-state index in [1.54, 1.807) is 31.5 Å². The summed E-state index contributed by atoms with van der Waals surface area (Å²) in [5.41, 5.74) is 2.80. The number of hydrogen-bond acceptors (Lipinski definition) is 6. The average Bonchev–Trinajstić information content (AvgIpc) is 2.96. The van der Waals surface area contributed by atoms with Crippen LogP contribution < -0.4 is 9.47 Å². The van der Waals surface area contributed by atoms with E-state index in [1.807, 2.05) is 25.1 Å². The molecule has 0 saturated carbocycles. The van der Waals surface area contributed by atoms with Crippen LogP contribution in [-0.4, -0.2) is 23.2 Å². The number of esters is 1. The highest BCUT2D eigenvalue weighted by atomic mass is 16.5. The van der Waals surface area contributed by atoms with E-state index in [0.29, 0.717) is 28.5 Å². The minimum Gasteiger partial charge on any atom is -0.497 e. The molecule has 6 nitrogen and oxygen atoms in total. The zero-order valence-corrected chi connectivity index (χ0v) is 13.6. The Morgan fingerprint density at radius 2 is 2.04 bits per heavy atom. The highest BCUT2D eigenvalue weighted by molar-refractivity contribution is 5.84. The summed E-state index contributed by atoms with van der Waals surface area (Å²) in [6.45, 7) is 3.18. The van der Waals surface area contributed by atoms with E-state index in [4.69, 9.17) is 14.0 Å². The molecule has 0 radical (unpaired) electrons. The lowest BCUT2D eigenvalue weighted by Crippen LogP contribution is -2.03. The van der Waals surface area contributed by atoms with Crippen molar-refractivity contribution >= 4 is 5.97 Å². The van der Waals surface area contributed by atoms with Crippen LogP contribution in [0.3, 0.4) is 0 Å². The van der Waals surface area contributed by atoms with Crippen molar-refractivity contribution in [2.75, 3.05) is 7.11 Å². The maximum atomic E-state index is 11.4. The van der Waals surface area contributed by atoms with E-state index >= 15 is 0 Å². The zero-order valence-electron chi connectivity index (χ0n) is 13.6. The molecule has 24 heavy (non-hydrogen) atoms. The Bertz CT molecular complexity index is 872. The van der Waals surface area contributed by atoms with Gasteiger partial charge in [-0.05, 0) is 31.2 Å². The fourth-order valence-electron chi connectivity index (χ4n) is 2.42. The second-order valence-corrected chi connectivity index (χ2v) is 5.14. The topological polar surface area (TPSA) is 74.5 Å². The van der Waals surface area contributed by atoms with Crippen LogP contribution in [0.2, 0.25) is 0 Å². The van der Waals surface area contributed by atoms with Crippen molar-refractivity contribution in [3.05, 3.63) is 48.3 Å². The van der Waals surface area contributed by atoms with Gasteiger partial charge in [0.15, 0.2) is 5.76 Å². The molecule has 3 aromatic rings. The van der Waals surface area contributed by atoms with Gasteiger partial charge < -0.3 is 14.0 Å². The fraction of sp³-hybridized carbons (Fsp3) is 0.167. The molecular formula is C18H16N2O4. The van der Waals surface area contributed by atoms with Gasteiger partial charge in [-0.25, -0.2) is 0 Å². The number of aromatic nitrogens is 2. The monoisotopic (exact) mass is 324 g/mol. The van der Waals surface area contributed by atoms with Crippen molar-refractivity contribution in [1.82, 2.24) is 10.1 Å². The average molecular weight is 324 g/mol. The smallest absolute Gasteiger partial charge is 0.308 e. The molecule has 0 fully saturated rings. The summed E-state index contributed by atoms with van der Waals surface area (Å²) in [6, 6.07) is 10.8. The lowest BCUT2D eigenvalue weighted by Gasteiger charge is -2.10. The molecule has 1 aromatic carbocycles. The van der Waals surface area contributed by atoms with E-state index in [9.17, 15) is 4.79 Å². The summed E-state index contributed by atoms with van der Waals surface area (Å²) < 4.78 is 16.0. The van der Waals surface area contributed by atoms with E-state index in [1.165, 1.54) is 6.92 Å². The first-order valence-corrected chi connectivity index (χ1v) is 7.34. The van der Waals surface area contributed by atoms with Crippen LogP contribution in [0.1, 0.15) is 12.6 Å². The van der Waals surface area contributed by atoms with Gasteiger partial charge in [0.05, 0.1) is 29.6 Å². The molecular weight excluding hydrogens is 308 g/mol. The molecule has 0 spiro atoms. The van der Waals surface area contributed by atoms with Crippen LogP contribution in [-0.2, 0) is 4.79 Å². The largest absolute Gasteiger partial charge is 0.497 e. The van der Waals surface area contributed by atoms with Crippen LogP contribution in [0.15, 0.2) is 47.1 Å². The van der Waals surface area contributed by atoms with Gasteiger partial charge in [0.1, 0.15) is 11.5 Å². The number of carbonyl (C=O) groups is 1. The van der Waals surface area contributed by atoms with Crippen molar-refractivity contribution in [3.63, 3.8) is 0 Å². The van der Waals surface area contributed by atoms with Crippen LogP contribution in [0.25, 0.3) is 22.6 Å². The predicted molar refractivity (Wildman–Crippen MR) is 87.8 cm³/mol. The first kappa shape index (κ1) is 15.7. The molecule has 122 valence electrons. The number of pyridine rings is 1. The first-order chi connectivity index (χ1) is 11.6. The number of methoxy groups -OCH3 is 1. The third-order valence-corrected chi connectivity index (χ3v) is 3.47. The van der Waals surface area contributed by atoms with E-state index in [0.717, 1.165) is 11.3 Å². The summed E-state index contributed by atoms with van der Waals surface area (Å²) in [5, 5.41) is 4.05. The SMILES string of the molecule is COc1ccc(-c2onc(C)c2-c2ccccn2)c(OC(C)=O)c1. The molecule has 0 aliphatic carbocycles. The lowest BCUT2D eigenvalue weighted by atomic mass is 10.0. The molecule has 2 heterocycles. The van der Waals surface area contributed by atoms with Crippen molar-refractivity contribution in [2.45, 2.75) is 13.8 Å². The molecule has 3 rings (SSSR count). The molecule has 0 aliphatic rings. The van der Waals surface area contributed by atoms with Crippen LogP contribution in [0.4, 0.5) is 0 Å². The standard InChI is InChI=1S/C18H16N2O4/c1-11-17(15-6-4-5-9-19-15)18(24-20-11)14-8-7-13(22-3)10-16(14)23-12(2)21/h4-10H,1-3H3. The van der Waals surface area contributed by atoms with E-state index < -0.39 is 5.97 Å². The van der Waals surface area contributed by atoms with Crippen LogP contribution >= 0.6 is 0 Å². The van der Waals surface area contributed by atoms with Gasteiger partial charge in [0.2, 0.25) is 0 Å². The molecule has 0 unspecified atom stereocenters. The Morgan fingerprint density at radius 1 is 1.21 bits per heavy atom. The summed E-state index contributed by atoms with van der Waals surface area (Å²) in [7, 11) is 1.55. The molecule has 6 heteroatoms. The van der Waals surface area contributed by atoms with Crippen LogP contribution in [0.5, 0.6) is 11.5 Å². The first-order valence-electron chi connectivity index (χ1n) is 7.34. The van der Waals surface area contributed by atoms with Gasteiger partial charge >= 0.3 is 5.97 Å². The van der Waals surface area contributed by atoms with Gasteiger partial charge in [0.25, 0.3) is 0 Å². The third-order valence-electron chi connectivity index (χ3n) is 3.47. The number of carbonyl (C=O) groups excluding carboxylic acids is 1. The maximum absolute atomic E-state index is 11.4. The molecule has 0 atom stereocenters. The summed E-state index contributed by atoms with van der Waals surface area (Å²) in [4.78, 5) is 15.8. The zero-order chi connectivity index (χ0) is 17.1. The number of benzene rings is 1. The number of nitrogens with zero attached hydrogens (tertiary/aromatic N) is 2. The fourth-order valence-corrected chi connectivity index (χ4v) is 2.42. The van der Waals surface area contributed by atoms with Gasteiger partial charge in [-0.15, -0.1) is 0 Å². The molecule has 0 amide bonds. The second kappa shape index (κ2) is 6.54. The third kappa shape index (κ3) is 2.99. The number of aryl methyl sites for hydroxylation is 1. The summed E-state index contributed by atoms with van der Waals surface area (Å²) in [5.74, 6) is 0.978. The Kier molecular flexibility index (Phi) is 4.29. The summed E-state index contributed by atoms with van der Waals surface area (Å²) >= 11 is 0. The second-order valence-electron chi connectivity index (χ2n) is 5.14. The summed E-state index contributed by atoms with van der Waals surface area (Å²) in [6.07, 6.45) is 1.70. The Morgan fingerprint density at radius 3 is 2.71 bits per heavy atom. The Hall–Kier alpha value is -3.15. The van der Waals surface area contributed by atoms with E-state index in [2.05, 4.69) is 10.1 Å². The number of rotatable bonds is 4. The number of hydrogen-bond donors (Lipinski definition) is 0. The van der Waals surface area contributed by atoms with Crippen molar-refractivity contribution in [3.8, 4) is 34.1 Å². The van der Waals surface area contributed by atoms with Crippen molar-refractivity contribution < 1.29 is 18.8 Å². The van der Waals surface area contributed by atoms with Crippen LogP contribution in [0, 0.1) is 6.92 Å². The van der Waals surface area contributed by atoms with Gasteiger partial charge in [-0.1, -0.05) is 11.2 Å². The van der Waals surface area contributed by atoms with Gasteiger partial charge in [0, 0.05) is 19.2 Å².